The first kappa shape index (κ1) is 16.7. The fraction of sp³-hybridized carbons (Fsp3) is 0.294. The number of benzene rings is 1. The molecule has 3 amide bonds. The third-order valence-electron chi connectivity index (χ3n) is 3.97. The molecule has 1 aliphatic rings. The summed E-state index contributed by atoms with van der Waals surface area (Å²) in [4.78, 5) is 37.7. The fourth-order valence-electron chi connectivity index (χ4n) is 2.68. The van der Waals surface area contributed by atoms with E-state index in [2.05, 4.69) is 20.3 Å². The van der Waals surface area contributed by atoms with Crippen LogP contribution in [-0.4, -0.2) is 29.4 Å². The molecule has 0 spiro atoms. The number of hydrogen-bond donors (Lipinski definition) is 2. The van der Waals surface area contributed by atoms with E-state index in [9.17, 15) is 14.4 Å². The van der Waals surface area contributed by atoms with Crippen LogP contribution in [0.15, 0.2) is 35.1 Å². The van der Waals surface area contributed by atoms with Crippen LogP contribution in [0.2, 0.25) is 0 Å². The van der Waals surface area contributed by atoms with E-state index in [0.29, 0.717) is 18.7 Å². The lowest BCUT2D eigenvalue weighted by atomic mass is 10.1. The van der Waals surface area contributed by atoms with E-state index in [1.165, 1.54) is 12.3 Å². The van der Waals surface area contributed by atoms with Crippen molar-refractivity contribution in [2.24, 2.45) is 0 Å². The van der Waals surface area contributed by atoms with Crippen molar-refractivity contribution in [3.05, 3.63) is 36.1 Å². The Morgan fingerprint density at radius 1 is 1.16 bits per heavy atom. The second-order valence-electron chi connectivity index (χ2n) is 5.80. The Hall–Kier alpha value is -3.16. The topological polar surface area (TPSA) is 105 Å². The molecule has 0 atom stereocenters. The van der Waals surface area contributed by atoms with Crippen LogP contribution in [0.4, 0.5) is 17.2 Å². The van der Waals surface area contributed by atoms with Crippen molar-refractivity contribution in [2.45, 2.75) is 26.2 Å². The molecule has 1 aromatic carbocycles. The van der Waals surface area contributed by atoms with Gasteiger partial charge in [0.15, 0.2) is 5.82 Å². The maximum Gasteiger partial charge on any atom is 0.315 e. The number of aryl methyl sites for hydroxylation is 1. The quantitative estimate of drug-likeness (QED) is 0.831. The predicted octanol–water partition coefficient (Wildman–Crippen LogP) is 2.08. The van der Waals surface area contributed by atoms with Crippen LogP contribution in [0.1, 0.15) is 24.8 Å². The molecule has 2 aromatic rings. The van der Waals surface area contributed by atoms with Crippen LogP contribution < -0.4 is 15.5 Å². The Morgan fingerprint density at radius 3 is 2.68 bits per heavy atom. The van der Waals surface area contributed by atoms with Crippen molar-refractivity contribution in [3.63, 3.8) is 0 Å². The van der Waals surface area contributed by atoms with Gasteiger partial charge < -0.3 is 14.7 Å². The molecule has 2 N–H and O–H groups in total. The molecule has 0 radical (unpaired) electrons. The fourth-order valence-corrected chi connectivity index (χ4v) is 2.68. The number of nitrogens with zero attached hydrogens (tertiary/aromatic N) is 2. The molecule has 25 heavy (non-hydrogen) atoms. The first-order valence-corrected chi connectivity index (χ1v) is 7.98. The minimum atomic E-state index is -0.856. The lowest BCUT2D eigenvalue weighted by molar-refractivity contribution is -0.133. The number of nitrogens with one attached hydrogen (secondary N) is 2. The third kappa shape index (κ3) is 3.85. The van der Waals surface area contributed by atoms with E-state index < -0.39 is 11.8 Å². The minimum absolute atomic E-state index is 0.0709. The number of carbonyl (C=O) groups excluding carboxylic acids is 3. The molecule has 0 unspecified atom stereocenters. The molecule has 1 aromatic heterocycles. The Kier molecular flexibility index (Phi) is 4.78. The van der Waals surface area contributed by atoms with Gasteiger partial charge in [-0.25, -0.2) is 0 Å². The van der Waals surface area contributed by atoms with Crippen molar-refractivity contribution < 1.29 is 18.9 Å². The van der Waals surface area contributed by atoms with Crippen molar-refractivity contribution in [1.29, 1.82) is 0 Å². The summed E-state index contributed by atoms with van der Waals surface area (Å²) < 4.78 is 4.59. The molecule has 1 saturated heterocycles. The molecule has 0 aliphatic carbocycles. The van der Waals surface area contributed by atoms with E-state index in [4.69, 9.17) is 0 Å². The Balaban J connectivity index is 1.72. The largest absolute Gasteiger partial charge is 0.363 e. The Morgan fingerprint density at radius 2 is 1.96 bits per heavy atom. The van der Waals surface area contributed by atoms with Crippen molar-refractivity contribution in [2.75, 3.05) is 22.1 Å². The van der Waals surface area contributed by atoms with Crippen molar-refractivity contribution in [1.82, 2.24) is 5.16 Å². The SMILES string of the molecule is Cc1ccc(NC(=O)C(=O)Nc2ccon2)cc1N1CCCCC1=O. The third-order valence-corrected chi connectivity index (χ3v) is 3.97. The first-order chi connectivity index (χ1) is 12.0. The summed E-state index contributed by atoms with van der Waals surface area (Å²) in [5.74, 6) is -1.46. The summed E-state index contributed by atoms with van der Waals surface area (Å²) in [5.41, 5.74) is 2.12. The van der Waals surface area contributed by atoms with Crippen molar-refractivity contribution in [3.8, 4) is 0 Å². The number of hydrogen-bond acceptors (Lipinski definition) is 5. The Labute approximate surface area is 144 Å². The molecular weight excluding hydrogens is 324 g/mol. The molecule has 8 nitrogen and oxygen atoms in total. The maximum atomic E-state index is 12.1. The Bertz CT molecular complexity index is 801. The highest BCUT2D eigenvalue weighted by Gasteiger charge is 2.22. The van der Waals surface area contributed by atoms with Crippen LogP contribution in [0, 0.1) is 6.92 Å². The van der Waals surface area contributed by atoms with Crippen molar-refractivity contribution >= 4 is 34.9 Å². The highest BCUT2D eigenvalue weighted by Crippen LogP contribution is 2.27. The van der Waals surface area contributed by atoms with E-state index in [0.717, 1.165) is 24.1 Å². The van der Waals surface area contributed by atoms with Gasteiger partial charge in [0, 0.05) is 30.4 Å². The number of rotatable bonds is 3. The van der Waals surface area contributed by atoms with Gasteiger partial charge in [-0.1, -0.05) is 11.2 Å². The monoisotopic (exact) mass is 342 g/mol. The minimum Gasteiger partial charge on any atom is -0.363 e. The summed E-state index contributed by atoms with van der Waals surface area (Å²) in [5, 5.41) is 8.36. The van der Waals surface area contributed by atoms with Crippen LogP contribution in [-0.2, 0) is 14.4 Å². The molecule has 1 fully saturated rings. The van der Waals surface area contributed by atoms with Gasteiger partial charge in [0.1, 0.15) is 6.26 Å². The molecule has 1 aliphatic heterocycles. The van der Waals surface area contributed by atoms with Gasteiger partial charge >= 0.3 is 11.8 Å². The first-order valence-electron chi connectivity index (χ1n) is 7.98. The zero-order valence-corrected chi connectivity index (χ0v) is 13.7. The summed E-state index contributed by atoms with van der Waals surface area (Å²) in [6.45, 7) is 2.56. The summed E-state index contributed by atoms with van der Waals surface area (Å²) in [7, 11) is 0. The van der Waals surface area contributed by atoms with E-state index in [-0.39, 0.29) is 11.7 Å². The molecule has 0 bridgehead atoms. The highest BCUT2D eigenvalue weighted by atomic mass is 16.5. The molecule has 8 heteroatoms. The van der Waals surface area contributed by atoms with Gasteiger partial charge in [-0.3, -0.25) is 19.7 Å². The number of carbonyl (C=O) groups is 3. The van der Waals surface area contributed by atoms with E-state index in [1.807, 2.05) is 13.0 Å². The summed E-state index contributed by atoms with van der Waals surface area (Å²) in [6.07, 6.45) is 3.65. The van der Waals surface area contributed by atoms with Gasteiger partial charge in [0.25, 0.3) is 0 Å². The lowest BCUT2D eigenvalue weighted by Gasteiger charge is -2.28. The molecule has 3 rings (SSSR count). The molecule has 0 saturated carbocycles. The predicted molar refractivity (Wildman–Crippen MR) is 91.1 cm³/mol. The highest BCUT2D eigenvalue weighted by molar-refractivity contribution is 6.43. The van der Waals surface area contributed by atoms with Crippen LogP contribution in [0.5, 0.6) is 0 Å². The van der Waals surface area contributed by atoms with Gasteiger partial charge in [-0.2, -0.15) is 0 Å². The van der Waals surface area contributed by atoms with E-state index >= 15 is 0 Å². The number of piperidine rings is 1. The second kappa shape index (κ2) is 7.16. The smallest absolute Gasteiger partial charge is 0.315 e. The molecular formula is C17H18N4O4. The van der Waals surface area contributed by atoms with Gasteiger partial charge in [0.2, 0.25) is 5.91 Å². The number of aromatic nitrogens is 1. The second-order valence-corrected chi connectivity index (χ2v) is 5.80. The lowest BCUT2D eigenvalue weighted by Crippen LogP contribution is -2.35. The summed E-state index contributed by atoms with van der Waals surface area (Å²) >= 11 is 0. The average Bonchev–Trinajstić information content (AvgIpc) is 3.10. The van der Waals surface area contributed by atoms with Crippen LogP contribution >= 0.6 is 0 Å². The zero-order valence-electron chi connectivity index (χ0n) is 13.7. The normalized spacial score (nSPS) is 14.3. The van der Waals surface area contributed by atoms with Crippen LogP contribution in [0.25, 0.3) is 0 Å². The van der Waals surface area contributed by atoms with Crippen LogP contribution in [0.3, 0.4) is 0 Å². The van der Waals surface area contributed by atoms with Gasteiger partial charge in [0.05, 0.1) is 0 Å². The number of amides is 3. The van der Waals surface area contributed by atoms with Gasteiger partial charge in [-0.15, -0.1) is 0 Å². The number of anilines is 3. The van der Waals surface area contributed by atoms with E-state index in [1.54, 1.807) is 17.0 Å². The average molecular weight is 342 g/mol. The van der Waals surface area contributed by atoms with Gasteiger partial charge in [-0.05, 0) is 37.5 Å². The maximum absolute atomic E-state index is 12.1. The molecule has 2 heterocycles. The standard InChI is InChI=1S/C17H18N4O4/c1-11-5-6-12(10-13(11)21-8-3-2-4-15(21)22)18-16(23)17(24)19-14-7-9-25-20-14/h5-7,9-10H,2-4,8H2,1H3,(H,18,23)(H,19,20,24). The molecule has 130 valence electrons. The summed E-state index contributed by atoms with van der Waals surface area (Å²) in [6, 6.07) is 6.63. The zero-order chi connectivity index (χ0) is 17.8.